The summed E-state index contributed by atoms with van der Waals surface area (Å²) in [6, 6.07) is 8.29. The quantitative estimate of drug-likeness (QED) is 0.885. The lowest BCUT2D eigenvalue weighted by Gasteiger charge is -2.13. The van der Waals surface area contributed by atoms with Crippen LogP contribution in [0.5, 0.6) is 0 Å². The molecule has 1 aliphatic heterocycles. The van der Waals surface area contributed by atoms with Crippen LogP contribution in [0.3, 0.4) is 0 Å². The first kappa shape index (κ1) is 14.6. The zero-order valence-electron chi connectivity index (χ0n) is 12.2. The molecule has 1 saturated heterocycles. The fourth-order valence-electron chi connectivity index (χ4n) is 2.60. The van der Waals surface area contributed by atoms with Crippen LogP contribution in [0.1, 0.15) is 24.5 Å². The molecule has 1 fully saturated rings. The van der Waals surface area contributed by atoms with Gasteiger partial charge in [0.05, 0.1) is 5.92 Å². The number of benzene rings is 1. The minimum Gasteiger partial charge on any atom is -0.355 e. The van der Waals surface area contributed by atoms with Gasteiger partial charge in [-0.2, -0.15) is 0 Å². The van der Waals surface area contributed by atoms with Gasteiger partial charge in [-0.1, -0.05) is 29.8 Å². The number of rotatable bonds is 5. The summed E-state index contributed by atoms with van der Waals surface area (Å²) in [7, 11) is 0. The van der Waals surface area contributed by atoms with Crippen LogP contribution in [0, 0.1) is 12.8 Å². The fourth-order valence-corrected chi connectivity index (χ4v) is 2.60. The third-order valence-electron chi connectivity index (χ3n) is 3.76. The summed E-state index contributed by atoms with van der Waals surface area (Å²) in [4.78, 5) is 25.4. The van der Waals surface area contributed by atoms with Gasteiger partial charge in [0, 0.05) is 26.1 Å². The summed E-state index contributed by atoms with van der Waals surface area (Å²) >= 11 is 0. The second-order valence-corrected chi connectivity index (χ2v) is 5.36. The van der Waals surface area contributed by atoms with Crippen LogP contribution in [-0.4, -0.2) is 36.3 Å². The molecule has 4 heteroatoms. The molecule has 2 rings (SSSR count). The lowest BCUT2D eigenvalue weighted by atomic mass is 10.1. The van der Waals surface area contributed by atoms with Crippen LogP contribution in [0.4, 0.5) is 0 Å². The first-order chi connectivity index (χ1) is 9.60. The van der Waals surface area contributed by atoms with Crippen molar-refractivity contribution in [3.8, 4) is 0 Å². The maximum atomic E-state index is 12.0. The van der Waals surface area contributed by atoms with Crippen LogP contribution in [0.15, 0.2) is 24.3 Å². The Labute approximate surface area is 120 Å². The third-order valence-corrected chi connectivity index (χ3v) is 3.76. The minimum absolute atomic E-state index is 0.00181. The van der Waals surface area contributed by atoms with E-state index in [9.17, 15) is 9.59 Å². The van der Waals surface area contributed by atoms with Crippen LogP contribution in [-0.2, 0) is 16.0 Å². The second-order valence-electron chi connectivity index (χ2n) is 5.36. The molecule has 1 aromatic carbocycles. The molecule has 0 bridgehead atoms. The first-order valence-corrected chi connectivity index (χ1v) is 7.21. The number of likely N-dealkylation sites (tertiary alicyclic amines) is 1. The van der Waals surface area contributed by atoms with Crippen molar-refractivity contribution in [2.75, 3.05) is 19.6 Å². The highest BCUT2D eigenvalue weighted by Crippen LogP contribution is 2.17. The summed E-state index contributed by atoms with van der Waals surface area (Å²) in [5.74, 6) is -0.0896. The Hall–Kier alpha value is -1.84. The van der Waals surface area contributed by atoms with Crippen molar-refractivity contribution in [3.05, 3.63) is 35.4 Å². The first-order valence-electron chi connectivity index (χ1n) is 7.21. The molecule has 1 aromatic rings. The molecule has 0 spiro atoms. The third kappa shape index (κ3) is 3.59. The molecule has 0 radical (unpaired) electrons. The van der Waals surface area contributed by atoms with E-state index >= 15 is 0 Å². The number of hydrogen-bond donors (Lipinski definition) is 1. The van der Waals surface area contributed by atoms with E-state index in [0.717, 1.165) is 6.42 Å². The van der Waals surface area contributed by atoms with Gasteiger partial charge in [0.15, 0.2) is 0 Å². The molecule has 0 unspecified atom stereocenters. The van der Waals surface area contributed by atoms with Gasteiger partial charge in [0.1, 0.15) is 0 Å². The standard InChI is InChI=1S/C16H22N2O2/c1-3-18-11-14(10-15(18)19)16(20)17-8-7-13-6-4-5-12(2)9-13/h4-6,9,14H,3,7-8,10-11H2,1-2H3,(H,17,20)/t14-/m1/s1. The highest BCUT2D eigenvalue weighted by Gasteiger charge is 2.32. The Bertz CT molecular complexity index is 499. The molecule has 2 amide bonds. The van der Waals surface area contributed by atoms with E-state index in [1.54, 1.807) is 4.90 Å². The Morgan fingerprint density at radius 1 is 1.45 bits per heavy atom. The Morgan fingerprint density at radius 2 is 2.25 bits per heavy atom. The van der Waals surface area contributed by atoms with Gasteiger partial charge in [0.2, 0.25) is 11.8 Å². The van der Waals surface area contributed by atoms with Crippen molar-refractivity contribution in [3.63, 3.8) is 0 Å². The van der Waals surface area contributed by atoms with Crippen molar-refractivity contribution >= 4 is 11.8 Å². The van der Waals surface area contributed by atoms with E-state index in [4.69, 9.17) is 0 Å². The number of aryl methyl sites for hydroxylation is 1. The average Bonchev–Trinajstić information content (AvgIpc) is 2.80. The van der Waals surface area contributed by atoms with Crippen LogP contribution < -0.4 is 5.32 Å². The molecule has 1 N–H and O–H groups in total. The number of carbonyl (C=O) groups is 2. The van der Waals surface area contributed by atoms with Gasteiger partial charge in [-0.05, 0) is 25.8 Å². The highest BCUT2D eigenvalue weighted by molar-refractivity contribution is 5.89. The predicted octanol–water partition coefficient (Wildman–Crippen LogP) is 1.52. The topological polar surface area (TPSA) is 49.4 Å². The van der Waals surface area contributed by atoms with E-state index in [-0.39, 0.29) is 17.7 Å². The lowest BCUT2D eigenvalue weighted by molar-refractivity contribution is -0.128. The zero-order valence-corrected chi connectivity index (χ0v) is 12.2. The maximum absolute atomic E-state index is 12.0. The Balaban J connectivity index is 1.77. The molecule has 1 heterocycles. The van der Waals surface area contributed by atoms with E-state index in [0.29, 0.717) is 26.1 Å². The normalized spacial score (nSPS) is 18.4. The Kier molecular flexibility index (Phi) is 4.77. The molecular formula is C16H22N2O2. The van der Waals surface area contributed by atoms with E-state index in [2.05, 4.69) is 30.4 Å². The van der Waals surface area contributed by atoms with E-state index < -0.39 is 0 Å². The van der Waals surface area contributed by atoms with Gasteiger partial charge in [-0.15, -0.1) is 0 Å². The van der Waals surface area contributed by atoms with Crippen molar-refractivity contribution in [1.82, 2.24) is 10.2 Å². The number of carbonyl (C=O) groups excluding carboxylic acids is 2. The molecule has 108 valence electrons. The van der Waals surface area contributed by atoms with Gasteiger partial charge in [-0.25, -0.2) is 0 Å². The van der Waals surface area contributed by atoms with Crippen molar-refractivity contribution < 1.29 is 9.59 Å². The summed E-state index contributed by atoms with van der Waals surface area (Å²) in [5, 5.41) is 2.94. The molecule has 0 aliphatic carbocycles. The number of nitrogens with zero attached hydrogens (tertiary/aromatic N) is 1. The SMILES string of the molecule is CCN1C[C@H](C(=O)NCCc2cccc(C)c2)CC1=O. The molecule has 0 saturated carbocycles. The highest BCUT2D eigenvalue weighted by atomic mass is 16.2. The van der Waals surface area contributed by atoms with Gasteiger partial charge in [-0.3, -0.25) is 9.59 Å². The lowest BCUT2D eigenvalue weighted by Crippen LogP contribution is -2.34. The van der Waals surface area contributed by atoms with Crippen LogP contribution in [0.2, 0.25) is 0 Å². The van der Waals surface area contributed by atoms with Gasteiger partial charge >= 0.3 is 0 Å². The van der Waals surface area contributed by atoms with Gasteiger partial charge in [0.25, 0.3) is 0 Å². The van der Waals surface area contributed by atoms with Crippen LogP contribution >= 0.6 is 0 Å². The second kappa shape index (κ2) is 6.55. The van der Waals surface area contributed by atoms with Gasteiger partial charge < -0.3 is 10.2 Å². The number of hydrogen-bond acceptors (Lipinski definition) is 2. The summed E-state index contributed by atoms with van der Waals surface area (Å²) in [6.45, 7) is 5.87. The van der Waals surface area contributed by atoms with Crippen molar-refractivity contribution in [2.45, 2.75) is 26.7 Å². The molecule has 1 aliphatic rings. The Morgan fingerprint density at radius 3 is 2.90 bits per heavy atom. The predicted molar refractivity (Wildman–Crippen MR) is 78.3 cm³/mol. The summed E-state index contributed by atoms with van der Waals surface area (Å²) in [5.41, 5.74) is 2.46. The maximum Gasteiger partial charge on any atom is 0.225 e. The molecule has 4 nitrogen and oxygen atoms in total. The molecule has 0 aromatic heterocycles. The molecular weight excluding hydrogens is 252 g/mol. The zero-order chi connectivity index (χ0) is 14.5. The van der Waals surface area contributed by atoms with Crippen molar-refractivity contribution in [2.24, 2.45) is 5.92 Å². The van der Waals surface area contributed by atoms with Crippen LogP contribution in [0.25, 0.3) is 0 Å². The summed E-state index contributed by atoms with van der Waals surface area (Å²) in [6.07, 6.45) is 1.18. The monoisotopic (exact) mass is 274 g/mol. The van der Waals surface area contributed by atoms with E-state index in [1.165, 1.54) is 11.1 Å². The largest absolute Gasteiger partial charge is 0.355 e. The van der Waals surface area contributed by atoms with E-state index in [1.807, 2.05) is 13.0 Å². The van der Waals surface area contributed by atoms with Crippen molar-refractivity contribution in [1.29, 1.82) is 0 Å². The number of amides is 2. The summed E-state index contributed by atoms with van der Waals surface area (Å²) < 4.78 is 0. The minimum atomic E-state index is -0.181. The number of nitrogens with one attached hydrogen (secondary N) is 1. The smallest absolute Gasteiger partial charge is 0.225 e. The average molecular weight is 274 g/mol. The molecule has 20 heavy (non-hydrogen) atoms. The fraction of sp³-hybridized carbons (Fsp3) is 0.500. The molecule has 1 atom stereocenters.